The number of fused-ring (bicyclic) bond motifs is 1. The van der Waals surface area contributed by atoms with E-state index in [0.29, 0.717) is 5.69 Å². The summed E-state index contributed by atoms with van der Waals surface area (Å²) in [6.45, 7) is 2.85. The van der Waals surface area contributed by atoms with Crippen LogP contribution < -0.4 is 0 Å². The fourth-order valence-corrected chi connectivity index (χ4v) is 2.45. The number of aromatic nitrogens is 2. The van der Waals surface area contributed by atoms with Crippen LogP contribution in [0.3, 0.4) is 0 Å². The molecule has 0 saturated heterocycles. The van der Waals surface area contributed by atoms with E-state index in [1.807, 2.05) is 37.4 Å². The second-order valence-corrected chi connectivity index (χ2v) is 4.47. The van der Waals surface area contributed by atoms with Gasteiger partial charge in [-0.25, -0.2) is 4.98 Å². The van der Waals surface area contributed by atoms with E-state index in [2.05, 4.69) is 9.55 Å². The van der Waals surface area contributed by atoms with E-state index in [0.717, 1.165) is 23.0 Å². The Balaban J connectivity index is 2.33. The summed E-state index contributed by atoms with van der Waals surface area (Å²) in [5.41, 5.74) is 2.31. The summed E-state index contributed by atoms with van der Waals surface area (Å²) in [4.78, 5) is 15.0. The van der Waals surface area contributed by atoms with Crippen LogP contribution in [0.4, 0.5) is 5.69 Å². The molecule has 0 atom stereocenters. The Bertz CT molecular complexity index is 793. The molecule has 0 N–H and O–H groups in total. The first-order valence-corrected chi connectivity index (χ1v) is 6.40. The predicted octanol–water partition coefficient (Wildman–Crippen LogP) is 3.63. The van der Waals surface area contributed by atoms with Gasteiger partial charge in [-0.3, -0.25) is 10.1 Å². The standard InChI is InChI=1S/C15H13N3O2/c1-2-17-10-12(11-6-3-4-7-13(11)17)15-14(18(19)20)8-5-9-16-15/h3-10H,2H2,1H3. The van der Waals surface area contributed by atoms with Gasteiger partial charge in [-0.05, 0) is 19.1 Å². The fourth-order valence-electron chi connectivity index (χ4n) is 2.45. The Morgan fingerprint density at radius 1 is 1.25 bits per heavy atom. The van der Waals surface area contributed by atoms with Gasteiger partial charge in [0.05, 0.1) is 4.92 Å². The molecule has 100 valence electrons. The Morgan fingerprint density at radius 3 is 2.80 bits per heavy atom. The minimum atomic E-state index is -0.388. The Labute approximate surface area is 115 Å². The summed E-state index contributed by atoms with van der Waals surface area (Å²) in [5.74, 6) is 0. The van der Waals surface area contributed by atoms with Gasteiger partial charge in [-0.15, -0.1) is 0 Å². The molecule has 2 aromatic heterocycles. The third kappa shape index (κ3) is 1.84. The van der Waals surface area contributed by atoms with Crippen LogP contribution in [0.2, 0.25) is 0 Å². The largest absolute Gasteiger partial charge is 0.347 e. The van der Waals surface area contributed by atoms with Gasteiger partial charge in [0.15, 0.2) is 0 Å². The summed E-state index contributed by atoms with van der Waals surface area (Å²) in [6, 6.07) is 10.9. The van der Waals surface area contributed by atoms with Gasteiger partial charge in [0, 0.05) is 41.5 Å². The van der Waals surface area contributed by atoms with Crippen molar-refractivity contribution in [3.8, 4) is 11.3 Å². The maximum absolute atomic E-state index is 11.2. The summed E-state index contributed by atoms with van der Waals surface area (Å²) < 4.78 is 2.07. The highest BCUT2D eigenvalue weighted by molar-refractivity contribution is 5.97. The van der Waals surface area contributed by atoms with E-state index >= 15 is 0 Å². The van der Waals surface area contributed by atoms with Crippen LogP contribution in [0, 0.1) is 10.1 Å². The third-order valence-electron chi connectivity index (χ3n) is 3.37. The summed E-state index contributed by atoms with van der Waals surface area (Å²) in [6.07, 6.45) is 3.51. The molecular formula is C15H13N3O2. The molecule has 5 heteroatoms. The van der Waals surface area contributed by atoms with Crippen LogP contribution in [0.1, 0.15) is 6.92 Å². The molecule has 3 rings (SSSR count). The molecular weight excluding hydrogens is 254 g/mol. The maximum Gasteiger partial charge on any atom is 0.295 e. The van der Waals surface area contributed by atoms with Gasteiger partial charge in [0.1, 0.15) is 5.69 Å². The van der Waals surface area contributed by atoms with Crippen LogP contribution in [-0.4, -0.2) is 14.5 Å². The number of rotatable bonds is 3. The molecule has 0 bridgehead atoms. The highest BCUT2D eigenvalue weighted by Gasteiger charge is 2.19. The maximum atomic E-state index is 11.2. The lowest BCUT2D eigenvalue weighted by molar-refractivity contribution is -0.384. The minimum Gasteiger partial charge on any atom is -0.347 e. The Morgan fingerprint density at radius 2 is 2.05 bits per heavy atom. The van der Waals surface area contributed by atoms with Gasteiger partial charge < -0.3 is 4.57 Å². The second-order valence-electron chi connectivity index (χ2n) is 4.47. The number of hydrogen-bond donors (Lipinski definition) is 0. The molecule has 3 aromatic rings. The van der Waals surface area contributed by atoms with Gasteiger partial charge in [-0.1, -0.05) is 18.2 Å². The SMILES string of the molecule is CCn1cc(-c2ncccc2[N+](=O)[O-])c2ccccc21. The molecule has 0 saturated carbocycles. The molecule has 5 nitrogen and oxygen atoms in total. The molecule has 0 radical (unpaired) electrons. The first kappa shape index (κ1) is 12.3. The number of benzene rings is 1. The van der Waals surface area contributed by atoms with Crippen molar-refractivity contribution in [3.63, 3.8) is 0 Å². The monoisotopic (exact) mass is 267 g/mol. The number of nitrogens with zero attached hydrogens (tertiary/aromatic N) is 3. The second kappa shape index (κ2) is 4.77. The number of hydrogen-bond acceptors (Lipinski definition) is 3. The van der Waals surface area contributed by atoms with E-state index in [9.17, 15) is 10.1 Å². The molecule has 0 fully saturated rings. The molecule has 0 aliphatic carbocycles. The first-order chi connectivity index (χ1) is 9.72. The van der Waals surface area contributed by atoms with Gasteiger partial charge in [0.25, 0.3) is 5.69 Å². The van der Waals surface area contributed by atoms with Crippen LogP contribution in [-0.2, 0) is 6.54 Å². The van der Waals surface area contributed by atoms with E-state index in [1.54, 1.807) is 12.3 Å². The van der Waals surface area contributed by atoms with E-state index < -0.39 is 0 Å². The van der Waals surface area contributed by atoms with E-state index in [1.165, 1.54) is 6.07 Å². The molecule has 2 heterocycles. The molecule has 0 unspecified atom stereocenters. The zero-order valence-corrected chi connectivity index (χ0v) is 11.0. The van der Waals surface area contributed by atoms with Crippen molar-refractivity contribution in [1.29, 1.82) is 0 Å². The van der Waals surface area contributed by atoms with Crippen molar-refractivity contribution in [2.24, 2.45) is 0 Å². The average Bonchev–Trinajstić information content (AvgIpc) is 2.86. The van der Waals surface area contributed by atoms with Crippen molar-refractivity contribution < 1.29 is 4.92 Å². The van der Waals surface area contributed by atoms with Crippen molar-refractivity contribution in [2.75, 3.05) is 0 Å². The zero-order valence-electron chi connectivity index (χ0n) is 11.0. The van der Waals surface area contributed by atoms with Crippen LogP contribution in [0.15, 0.2) is 48.8 Å². The van der Waals surface area contributed by atoms with Crippen molar-refractivity contribution >= 4 is 16.6 Å². The summed E-state index contributed by atoms with van der Waals surface area (Å²) >= 11 is 0. The number of pyridine rings is 1. The average molecular weight is 267 g/mol. The molecule has 0 spiro atoms. The van der Waals surface area contributed by atoms with Crippen molar-refractivity contribution in [2.45, 2.75) is 13.5 Å². The molecule has 0 aliphatic heterocycles. The predicted molar refractivity (Wildman–Crippen MR) is 77.5 cm³/mol. The first-order valence-electron chi connectivity index (χ1n) is 6.40. The molecule has 1 aromatic carbocycles. The normalized spacial score (nSPS) is 10.8. The lowest BCUT2D eigenvalue weighted by Gasteiger charge is -1.99. The van der Waals surface area contributed by atoms with Gasteiger partial charge in [-0.2, -0.15) is 0 Å². The van der Waals surface area contributed by atoms with Crippen LogP contribution in [0.25, 0.3) is 22.2 Å². The summed E-state index contributed by atoms with van der Waals surface area (Å²) in [7, 11) is 0. The van der Waals surface area contributed by atoms with E-state index in [-0.39, 0.29) is 10.6 Å². The quantitative estimate of drug-likeness (QED) is 0.537. The topological polar surface area (TPSA) is 61.0 Å². The molecule has 0 amide bonds. The Kier molecular flexibility index (Phi) is 2.95. The smallest absolute Gasteiger partial charge is 0.295 e. The molecule has 20 heavy (non-hydrogen) atoms. The zero-order chi connectivity index (χ0) is 14.1. The summed E-state index contributed by atoms with van der Waals surface area (Å²) in [5, 5.41) is 12.1. The van der Waals surface area contributed by atoms with Gasteiger partial charge in [0.2, 0.25) is 0 Å². The van der Waals surface area contributed by atoms with Crippen LogP contribution in [0.5, 0.6) is 0 Å². The van der Waals surface area contributed by atoms with Gasteiger partial charge >= 0.3 is 0 Å². The van der Waals surface area contributed by atoms with Crippen LogP contribution >= 0.6 is 0 Å². The van der Waals surface area contributed by atoms with Crippen molar-refractivity contribution in [1.82, 2.24) is 9.55 Å². The third-order valence-corrected chi connectivity index (χ3v) is 3.37. The number of para-hydroxylation sites is 1. The van der Waals surface area contributed by atoms with E-state index in [4.69, 9.17) is 0 Å². The molecule has 0 aliphatic rings. The Hall–Kier alpha value is -2.69. The lowest BCUT2D eigenvalue weighted by Crippen LogP contribution is -1.94. The fraction of sp³-hybridized carbons (Fsp3) is 0.133. The lowest BCUT2D eigenvalue weighted by atomic mass is 10.1. The highest BCUT2D eigenvalue weighted by Crippen LogP contribution is 2.34. The highest BCUT2D eigenvalue weighted by atomic mass is 16.6. The number of aryl methyl sites for hydroxylation is 1. The van der Waals surface area contributed by atoms with Crippen molar-refractivity contribution in [3.05, 3.63) is 58.9 Å². The minimum absolute atomic E-state index is 0.0338. The number of nitro groups is 1.